The number of H-pyrrole nitrogens is 1. The second-order valence-electron chi connectivity index (χ2n) is 5.16. The van der Waals surface area contributed by atoms with Gasteiger partial charge in [0.15, 0.2) is 5.82 Å². The highest BCUT2D eigenvalue weighted by molar-refractivity contribution is 7.71. The molecule has 0 amide bonds. The van der Waals surface area contributed by atoms with E-state index in [0.717, 1.165) is 0 Å². The van der Waals surface area contributed by atoms with Gasteiger partial charge in [-0.2, -0.15) is 4.39 Å². The lowest BCUT2D eigenvalue weighted by atomic mass is 10.0. The number of hydrogen-bond acceptors (Lipinski definition) is 7. The zero-order chi connectivity index (χ0) is 16.0. The Kier molecular flexibility index (Phi) is 3.91. The van der Waals surface area contributed by atoms with E-state index in [-0.39, 0.29) is 16.0 Å². The summed E-state index contributed by atoms with van der Waals surface area (Å²) in [6.07, 6.45) is -4.38. The molecule has 1 saturated heterocycles. The van der Waals surface area contributed by atoms with Crippen molar-refractivity contribution in [3.63, 3.8) is 0 Å². The normalized spacial score (nSPS) is 28.4. The highest BCUT2D eigenvalue weighted by atomic mass is 32.1. The molecule has 3 aliphatic rings. The molecule has 0 aliphatic carbocycles. The van der Waals surface area contributed by atoms with Crippen LogP contribution in [0.25, 0.3) is 11.5 Å². The number of ether oxygens (including phenoxy) is 1. The average Bonchev–Trinajstić information content (AvgIpc) is 2.76. The zero-order valence-corrected chi connectivity index (χ0v) is 12.3. The van der Waals surface area contributed by atoms with Crippen LogP contribution in [-0.4, -0.2) is 55.2 Å². The number of aliphatic hydroxyl groups excluding tert-OH is 3. The molecule has 3 aliphatic heterocycles. The molecule has 0 radical (unpaired) electrons. The van der Waals surface area contributed by atoms with Crippen LogP contribution in [0, 0.1) is 17.5 Å². The standard InChI is InChI=1S/C13H14FN3O4S/c1-4-11(14)16-6-2-5(13(22)17-12(6)15-4)10-9(20)8(19)7(3-18)21-10/h2,7-10,18-20H,3H2,1H3,(H,15,17,22)/t7-,8+,9?,10+/m1/s1. The molecule has 1 unspecified atom stereocenters. The third-order valence-corrected chi connectivity index (χ3v) is 4.00. The van der Waals surface area contributed by atoms with Gasteiger partial charge < -0.3 is 25.0 Å². The van der Waals surface area contributed by atoms with E-state index in [4.69, 9.17) is 22.1 Å². The SMILES string of the molecule is Cc1[nH]c2nc(=S)c([C@@H]3O[C@H](CO)[C@H](O)C3O)cc-2nc1F. The van der Waals surface area contributed by atoms with Gasteiger partial charge in [-0.05, 0) is 13.0 Å². The van der Waals surface area contributed by atoms with Gasteiger partial charge in [0.1, 0.15) is 34.8 Å². The smallest absolute Gasteiger partial charge is 0.232 e. The summed E-state index contributed by atoms with van der Waals surface area (Å²) in [6.45, 7) is 1.08. The number of nitrogens with zero attached hydrogens (tertiary/aromatic N) is 2. The molecular weight excluding hydrogens is 313 g/mol. The molecule has 3 rings (SSSR count). The summed E-state index contributed by atoms with van der Waals surface area (Å²) in [6, 6.07) is 1.46. The Hall–Kier alpha value is -1.52. The fraction of sp³-hybridized carbons (Fsp3) is 0.462. The highest BCUT2D eigenvalue weighted by Gasteiger charge is 2.43. The van der Waals surface area contributed by atoms with E-state index < -0.39 is 37.0 Å². The lowest BCUT2D eigenvalue weighted by Crippen LogP contribution is -2.32. The van der Waals surface area contributed by atoms with Gasteiger partial charge in [-0.25, -0.2) is 9.97 Å². The molecule has 0 aromatic rings. The number of aromatic amines is 1. The maximum atomic E-state index is 13.6. The molecule has 1 fully saturated rings. The number of hydrogen-bond donors (Lipinski definition) is 4. The van der Waals surface area contributed by atoms with E-state index in [9.17, 15) is 14.6 Å². The van der Waals surface area contributed by atoms with Crippen LogP contribution >= 0.6 is 12.2 Å². The van der Waals surface area contributed by atoms with Gasteiger partial charge >= 0.3 is 0 Å². The first-order valence-electron chi connectivity index (χ1n) is 6.62. The maximum Gasteiger partial charge on any atom is 0.232 e. The van der Waals surface area contributed by atoms with Gasteiger partial charge in [0.2, 0.25) is 5.95 Å². The molecule has 0 aromatic carbocycles. The lowest BCUT2D eigenvalue weighted by Gasteiger charge is -2.16. The van der Waals surface area contributed by atoms with Crippen LogP contribution in [-0.2, 0) is 4.74 Å². The van der Waals surface area contributed by atoms with Crippen LogP contribution in [0.1, 0.15) is 17.4 Å². The molecule has 0 bridgehead atoms. The van der Waals surface area contributed by atoms with Crippen LogP contribution in [0.4, 0.5) is 4.39 Å². The fourth-order valence-corrected chi connectivity index (χ4v) is 2.72. The Bertz CT molecular complexity index is 740. The van der Waals surface area contributed by atoms with Gasteiger partial charge in [-0.3, -0.25) is 0 Å². The van der Waals surface area contributed by atoms with Crippen molar-refractivity contribution < 1.29 is 24.4 Å². The Morgan fingerprint density at radius 1 is 1.36 bits per heavy atom. The fourth-order valence-electron chi connectivity index (χ4n) is 2.46. The number of aryl methyl sites for hydroxylation is 1. The number of aliphatic hydroxyl groups is 3. The largest absolute Gasteiger partial charge is 0.394 e. The van der Waals surface area contributed by atoms with E-state index in [1.54, 1.807) is 0 Å². The minimum Gasteiger partial charge on any atom is -0.394 e. The summed E-state index contributed by atoms with van der Waals surface area (Å²) in [4.78, 5) is 10.7. The maximum absolute atomic E-state index is 13.6. The summed E-state index contributed by atoms with van der Waals surface area (Å²) in [5.41, 5.74) is 0.772. The predicted octanol–water partition coefficient (Wildman–Crippen LogP) is 0.241. The first kappa shape index (κ1) is 15.4. The van der Waals surface area contributed by atoms with Crippen LogP contribution in [0.15, 0.2) is 6.07 Å². The van der Waals surface area contributed by atoms with Crippen LogP contribution < -0.4 is 0 Å². The summed E-state index contributed by atoms with van der Waals surface area (Å²) in [7, 11) is 0. The predicted molar refractivity (Wildman–Crippen MR) is 75.2 cm³/mol. The van der Waals surface area contributed by atoms with Gasteiger partial charge in [-0.1, -0.05) is 12.2 Å². The molecule has 4 N–H and O–H groups in total. The number of nitrogens with one attached hydrogen (secondary N) is 1. The average molecular weight is 327 g/mol. The van der Waals surface area contributed by atoms with Gasteiger partial charge in [-0.15, -0.1) is 0 Å². The lowest BCUT2D eigenvalue weighted by molar-refractivity contribution is -0.0229. The van der Waals surface area contributed by atoms with Crippen molar-refractivity contribution in [2.45, 2.75) is 31.3 Å². The molecule has 4 atom stereocenters. The van der Waals surface area contributed by atoms with E-state index in [2.05, 4.69) is 15.0 Å². The Morgan fingerprint density at radius 3 is 2.73 bits per heavy atom. The minimum atomic E-state index is -1.27. The summed E-state index contributed by atoms with van der Waals surface area (Å²) in [5.74, 6) is -0.349. The molecule has 7 nitrogen and oxygen atoms in total. The van der Waals surface area contributed by atoms with Crippen molar-refractivity contribution >= 4 is 12.2 Å². The van der Waals surface area contributed by atoms with Crippen LogP contribution in [0.3, 0.4) is 0 Å². The third-order valence-electron chi connectivity index (χ3n) is 3.68. The molecule has 0 spiro atoms. The molecular formula is C13H14FN3O4S. The first-order chi connectivity index (χ1) is 10.4. The summed E-state index contributed by atoms with van der Waals surface area (Å²) >= 11 is 5.17. The summed E-state index contributed by atoms with van der Waals surface area (Å²) < 4.78 is 19.1. The van der Waals surface area contributed by atoms with Crippen molar-refractivity contribution in [3.05, 3.63) is 27.9 Å². The number of fused-ring (bicyclic) bond motifs is 1. The second kappa shape index (κ2) is 5.60. The molecule has 3 heterocycles. The van der Waals surface area contributed by atoms with Gasteiger partial charge in [0.05, 0.1) is 12.3 Å². The van der Waals surface area contributed by atoms with Gasteiger partial charge in [0, 0.05) is 5.56 Å². The minimum absolute atomic E-state index is 0.145. The van der Waals surface area contributed by atoms with Crippen molar-refractivity contribution in [2.75, 3.05) is 6.61 Å². The Labute approximate surface area is 129 Å². The third kappa shape index (κ3) is 2.40. The van der Waals surface area contributed by atoms with E-state index >= 15 is 0 Å². The zero-order valence-electron chi connectivity index (χ0n) is 11.5. The first-order valence-corrected chi connectivity index (χ1v) is 7.02. The number of pyridine rings is 1. The number of rotatable bonds is 2. The molecule has 0 saturated carbocycles. The molecule has 0 aromatic heterocycles. The Morgan fingerprint density at radius 2 is 2.09 bits per heavy atom. The van der Waals surface area contributed by atoms with Gasteiger partial charge in [0.25, 0.3) is 0 Å². The quantitative estimate of drug-likeness (QED) is 0.585. The molecule has 22 heavy (non-hydrogen) atoms. The van der Waals surface area contributed by atoms with E-state index in [0.29, 0.717) is 11.4 Å². The van der Waals surface area contributed by atoms with E-state index in [1.165, 1.54) is 13.0 Å². The van der Waals surface area contributed by atoms with Crippen molar-refractivity contribution in [1.82, 2.24) is 15.0 Å². The van der Waals surface area contributed by atoms with Crippen LogP contribution in [0.2, 0.25) is 0 Å². The second-order valence-corrected chi connectivity index (χ2v) is 5.55. The highest BCUT2D eigenvalue weighted by Crippen LogP contribution is 2.35. The van der Waals surface area contributed by atoms with Crippen molar-refractivity contribution in [3.8, 4) is 11.5 Å². The Balaban J connectivity index is 2.09. The monoisotopic (exact) mass is 327 g/mol. The summed E-state index contributed by atoms with van der Waals surface area (Å²) in [5, 5.41) is 29.0. The molecule has 118 valence electrons. The molecule has 9 heteroatoms. The van der Waals surface area contributed by atoms with Crippen LogP contribution in [0.5, 0.6) is 0 Å². The van der Waals surface area contributed by atoms with Crippen molar-refractivity contribution in [1.29, 1.82) is 0 Å². The topological polar surface area (TPSA) is 111 Å². The van der Waals surface area contributed by atoms with E-state index in [1.807, 2.05) is 0 Å². The van der Waals surface area contributed by atoms with Crippen molar-refractivity contribution in [2.24, 2.45) is 0 Å². The number of halogens is 1. The number of aromatic nitrogens is 3.